The van der Waals surface area contributed by atoms with E-state index >= 15 is 0 Å². The largest absolute Gasteiger partial charge is 0.496 e. The third-order valence-corrected chi connectivity index (χ3v) is 6.68. The first-order valence-electron chi connectivity index (χ1n) is 12.0. The minimum absolute atomic E-state index is 0.0588. The van der Waals surface area contributed by atoms with Crippen LogP contribution < -0.4 is 14.4 Å². The first-order chi connectivity index (χ1) is 18.3. The Kier molecular flexibility index (Phi) is 8.76. The fourth-order valence-corrected chi connectivity index (χ4v) is 4.81. The number of halogens is 2. The molecule has 0 spiro atoms. The number of aliphatic carboxylic acids is 1. The van der Waals surface area contributed by atoms with Gasteiger partial charge in [0.15, 0.2) is 5.75 Å². The summed E-state index contributed by atoms with van der Waals surface area (Å²) in [6, 6.07) is 16.0. The minimum Gasteiger partial charge on any atom is -0.496 e. The van der Waals surface area contributed by atoms with Crippen LogP contribution in [-0.4, -0.2) is 54.5 Å². The highest BCUT2D eigenvalue weighted by Crippen LogP contribution is 2.41. The van der Waals surface area contributed by atoms with Gasteiger partial charge in [0, 0.05) is 24.3 Å². The van der Waals surface area contributed by atoms with Crippen molar-refractivity contribution in [3.63, 3.8) is 0 Å². The van der Waals surface area contributed by atoms with Crippen molar-refractivity contribution in [3.05, 3.63) is 81.8 Å². The fraction of sp³-hybridized carbons (Fsp3) is 0.250. The lowest BCUT2D eigenvalue weighted by Gasteiger charge is -2.27. The van der Waals surface area contributed by atoms with Crippen LogP contribution in [0.3, 0.4) is 0 Å². The number of rotatable bonds is 8. The van der Waals surface area contributed by atoms with Crippen molar-refractivity contribution >= 4 is 46.7 Å². The number of likely N-dealkylation sites (tertiary alicyclic amines) is 1. The molecule has 4 rings (SSSR count). The molecule has 1 saturated heterocycles. The lowest BCUT2D eigenvalue weighted by molar-refractivity contribution is -0.135. The summed E-state index contributed by atoms with van der Waals surface area (Å²) in [5.74, 6) is -1.05. The van der Waals surface area contributed by atoms with Gasteiger partial charge in [-0.3, -0.25) is 19.3 Å². The Morgan fingerprint density at radius 1 is 0.947 bits per heavy atom. The summed E-state index contributed by atoms with van der Waals surface area (Å²) in [6.45, 7) is 0.766. The van der Waals surface area contributed by atoms with E-state index in [-0.39, 0.29) is 27.4 Å². The average Bonchev–Trinajstić information content (AvgIpc) is 2.93. The van der Waals surface area contributed by atoms with Crippen LogP contribution in [0.15, 0.2) is 60.7 Å². The Hall–Kier alpha value is -3.75. The molecule has 10 heteroatoms. The number of methoxy groups -OCH3 is 1. The van der Waals surface area contributed by atoms with Gasteiger partial charge in [-0.2, -0.15) is 0 Å². The van der Waals surface area contributed by atoms with E-state index in [1.165, 1.54) is 19.2 Å². The van der Waals surface area contributed by atoms with Crippen LogP contribution in [0.1, 0.15) is 40.0 Å². The van der Waals surface area contributed by atoms with E-state index in [0.29, 0.717) is 35.7 Å². The Morgan fingerprint density at radius 3 is 2.21 bits per heavy atom. The summed E-state index contributed by atoms with van der Waals surface area (Å²) in [6.07, 6.45) is 3.00. The Morgan fingerprint density at radius 2 is 1.61 bits per heavy atom. The highest BCUT2D eigenvalue weighted by molar-refractivity contribution is 6.37. The molecule has 1 aliphatic rings. The van der Waals surface area contributed by atoms with Crippen LogP contribution in [0.4, 0.5) is 5.69 Å². The summed E-state index contributed by atoms with van der Waals surface area (Å²) in [4.78, 5) is 40.6. The topological polar surface area (TPSA) is 96.4 Å². The van der Waals surface area contributed by atoms with Gasteiger partial charge < -0.3 is 19.5 Å². The zero-order chi connectivity index (χ0) is 27.2. The van der Waals surface area contributed by atoms with E-state index in [2.05, 4.69) is 0 Å². The van der Waals surface area contributed by atoms with E-state index < -0.39 is 18.4 Å². The molecule has 0 bridgehead atoms. The molecule has 8 nitrogen and oxygen atoms in total. The molecule has 1 heterocycles. The van der Waals surface area contributed by atoms with Gasteiger partial charge in [0.2, 0.25) is 0 Å². The molecule has 2 amide bonds. The number of hydrogen-bond donors (Lipinski definition) is 1. The number of carbonyl (C=O) groups is 3. The summed E-state index contributed by atoms with van der Waals surface area (Å²) in [7, 11) is 1.49. The summed E-state index contributed by atoms with van der Waals surface area (Å²) in [5.41, 5.74) is 0.863. The second-order valence-electron chi connectivity index (χ2n) is 8.71. The minimum atomic E-state index is -1.20. The van der Waals surface area contributed by atoms with Crippen molar-refractivity contribution in [1.29, 1.82) is 0 Å². The second kappa shape index (κ2) is 12.2. The van der Waals surface area contributed by atoms with Crippen molar-refractivity contribution in [2.75, 3.05) is 31.6 Å². The highest BCUT2D eigenvalue weighted by atomic mass is 35.5. The van der Waals surface area contributed by atoms with Gasteiger partial charge in [0.05, 0.1) is 22.7 Å². The monoisotopic (exact) mass is 556 g/mol. The number of amides is 2. The molecule has 3 aromatic carbocycles. The van der Waals surface area contributed by atoms with Crippen molar-refractivity contribution in [3.8, 4) is 17.2 Å². The van der Waals surface area contributed by atoms with Crippen molar-refractivity contribution in [1.82, 2.24) is 4.90 Å². The first kappa shape index (κ1) is 27.3. The molecule has 3 aromatic rings. The van der Waals surface area contributed by atoms with E-state index in [1.54, 1.807) is 53.4 Å². The van der Waals surface area contributed by atoms with Crippen molar-refractivity contribution in [2.45, 2.75) is 19.3 Å². The van der Waals surface area contributed by atoms with Gasteiger partial charge in [-0.05, 0) is 61.7 Å². The SMILES string of the molecule is COc1ccc(Oc2c(Cl)cc(N(CC(=O)O)C(=O)c3ccccc3)cc2Cl)cc1C(=O)N1CCCCC1. The Bertz CT molecular complexity index is 1320. The standard InChI is InChI=1S/C28H26Cl2N2O6/c1-37-24-11-10-20(16-21(24)28(36)31-12-6-3-7-13-31)38-26-22(29)14-19(15-23(26)30)32(17-25(33)34)27(35)18-8-4-2-5-9-18/h2,4-5,8-11,14-16H,3,6-7,12-13,17H2,1H3,(H,33,34). The van der Waals surface area contributed by atoms with Crippen LogP contribution in [0.25, 0.3) is 0 Å². The molecule has 1 N–H and O–H groups in total. The van der Waals surface area contributed by atoms with Gasteiger partial charge in [-0.1, -0.05) is 41.4 Å². The van der Waals surface area contributed by atoms with Crippen LogP contribution in [-0.2, 0) is 4.79 Å². The molecule has 0 atom stereocenters. The number of ether oxygens (including phenoxy) is 2. The van der Waals surface area contributed by atoms with Crippen molar-refractivity contribution in [2.24, 2.45) is 0 Å². The van der Waals surface area contributed by atoms with E-state index in [4.69, 9.17) is 32.7 Å². The average molecular weight is 557 g/mol. The molecule has 1 aliphatic heterocycles. The predicted octanol–water partition coefficient (Wildman–Crippen LogP) is 6.15. The van der Waals surface area contributed by atoms with E-state index in [0.717, 1.165) is 24.2 Å². The van der Waals surface area contributed by atoms with E-state index in [1.807, 2.05) is 0 Å². The number of carboxylic acid groups (broad SMARTS) is 1. The molecule has 0 unspecified atom stereocenters. The number of piperidine rings is 1. The van der Waals surface area contributed by atoms with Gasteiger partial charge >= 0.3 is 5.97 Å². The number of carboxylic acids is 1. The lowest BCUT2D eigenvalue weighted by atomic mass is 10.1. The number of benzene rings is 3. The maximum Gasteiger partial charge on any atom is 0.323 e. The number of carbonyl (C=O) groups excluding carboxylic acids is 2. The molecule has 0 radical (unpaired) electrons. The molecule has 38 heavy (non-hydrogen) atoms. The Balaban J connectivity index is 1.63. The number of anilines is 1. The molecule has 0 aromatic heterocycles. The molecule has 198 valence electrons. The lowest BCUT2D eigenvalue weighted by Crippen LogP contribution is -2.35. The molecule has 0 saturated carbocycles. The van der Waals surface area contributed by atoms with Crippen molar-refractivity contribution < 1.29 is 29.0 Å². The smallest absolute Gasteiger partial charge is 0.323 e. The maximum absolute atomic E-state index is 13.2. The molecular weight excluding hydrogens is 531 g/mol. The zero-order valence-electron chi connectivity index (χ0n) is 20.7. The van der Waals surface area contributed by atoms with Crippen LogP contribution in [0, 0.1) is 0 Å². The predicted molar refractivity (Wildman–Crippen MR) is 145 cm³/mol. The normalized spacial score (nSPS) is 13.1. The molecule has 0 aliphatic carbocycles. The van der Waals surface area contributed by atoms with Crippen LogP contribution in [0.5, 0.6) is 17.2 Å². The third kappa shape index (κ3) is 6.20. The van der Waals surface area contributed by atoms with Gasteiger partial charge in [0.1, 0.15) is 18.0 Å². The molecular formula is C28H26Cl2N2O6. The quantitative estimate of drug-likeness (QED) is 0.357. The summed E-state index contributed by atoms with van der Waals surface area (Å²) in [5, 5.41) is 9.53. The summed E-state index contributed by atoms with van der Waals surface area (Å²) < 4.78 is 11.4. The van der Waals surface area contributed by atoms with Crippen LogP contribution in [0.2, 0.25) is 10.0 Å². The third-order valence-electron chi connectivity index (χ3n) is 6.12. The van der Waals surface area contributed by atoms with E-state index in [9.17, 15) is 19.5 Å². The Labute approximate surface area is 230 Å². The van der Waals surface area contributed by atoms with Gasteiger partial charge in [-0.15, -0.1) is 0 Å². The number of nitrogens with zero attached hydrogens (tertiary/aromatic N) is 2. The first-order valence-corrected chi connectivity index (χ1v) is 12.8. The summed E-state index contributed by atoms with van der Waals surface area (Å²) >= 11 is 13.0. The number of hydrogen-bond acceptors (Lipinski definition) is 5. The molecule has 1 fully saturated rings. The van der Waals surface area contributed by atoms with Crippen LogP contribution >= 0.6 is 23.2 Å². The van der Waals surface area contributed by atoms with Gasteiger partial charge in [0.25, 0.3) is 11.8 Å². The maximum atomic E-state index is 13.2. The van der Waals surface area contributed by atoms with Gasteiger partial charge in [-0.25, -0.2) is 0 Å². The fourth-order valence-electron chi connectivity index (χ4n) is 4.25. The highest BCUT2D eigenvalue weighted by Gasteiger charge is 2.25. The second-order valence-corrected chi connectivity index (χ2v) is 9.52. The zero-order valence-corrected chi connectivity index (χ0v) is 22.2.